The molecule has 0 aromatic rings. The Bertz CT molecular complexity index is 1520. The van der Waals surface area contributed by atoms with Gasteiger partial charge >= 0.3 is 5.97 Å². The standard InChI is InChI=1S/C82H153NO5/c1-3-5-7-9-11-13-15-17-19-43-48-52-56-60-64-68-72-76-82(87)88-77-73-69-65-61-57-53-49-45-42-40-38-36-34-32-30-28-26-24-22-20-21-23-25-27-29-31-33-35-37-39-41-44-47-51-55-59-63-67-71-75-81(86)83-79(78-84)80(85)74-70-66-62-58-54-50-46-18-16-14-12-10-8-6-4-2/h11,13,17,19-21,24,26,70,74,79-80,84-85H,3-10,12,14-16,18,22-23,25,27-69,71-73,75-78H2,1-2H3,(H,83,86)/b13-11-,19-17-,21-20-,26-24-,74-70+. The minimum Gasteiger partial charge on any atom is -0.466 e. The van der Waals surface area contributed by atoms with Crippen LogP contribution in [0.4, 0.5) is 0 Å². The van der Waals surface area contributed by atoms with Crippen molar-refractivity contribution in [3.8, 4) is 0 Å². The van der Waals surface area contributed by atoms with E-state index >= 15 is 0 Å². The van der Waals surface area contributed by atoms with Gasteiger partial charge in [-0.05, 0) is 96.3 Å². The van der Waals surface area contributed by atoms with E-state index < -0.39 is 12.1 Å². The van der Waals surface area contributed by atoms with Crippen LogP contribution in [0, 0.1) is 0 Å². The average molecular weight is 1230 g/mol. The number of amides is 1. The Morgan fingerprint density at radius 1 is 0.318 bits per heavy atom. The molecule has 2 unspecified atom stereocenters. The lowest BCUT2D eigenvalue weighted by Crippen LogP contribution is -2.45. The van der Waals surface area contributed by atoms with E-state index in [4.69, 9.17) is 4.74 Å². The summed E-state index contributed by atoms with van der Waals surface area (Å²) in [6.45, 7) is 4.91. The monoisotopic (exact) mass is 1230 g/mol. The second-order valence-electron chi connectivity index (χ2n) is 27.0. The lowest BCUT2D eigenvalue weighted by Gasteiger charge is -2.20. The number of ether oxygens (including phenoxy) is 1. The number of carbonyl (C=O) groups is 2. The van der Waals surface area contributed by atoms with Crippen molar-refractivity contribution in [1.29, 1.82) is 0 Å². The fourth-order valence-corrected chi connectivity index (χ4v) is 12.2. The smallest absolute Gasteiger partial charge is 0.305 e. The van der Waals surface area contributed by atoms with Crippen LogP contribution in [0.1, 0.15) is 425 Å². The Balaban J connectivity index is 3.36. The number of hydrogen-bond donors (Lipinski definition) is 3. The first kappa shape index (κ1) is 85.6. The quantitative estimate of drug-likeness (QED) is 0.0320. The van der Waals surface area contributed by atoms with E-state index in [2.05, 4.69) is 67.8 Å². The third kappa shape index (κ3) is 72.6. The Labute approximate surface area is 549 Å². The zero-order chi connectivity index (χ0) is 63.5. The molecule has 0 spiro atoms. The molecule has 6 nitrogen and oxygen atoms in total. The molecule has 0 radical (unpaired) electrons. The van der Waals surface area contributed by atoms with Crippen LogP contribution in [0.15, 0.2) is 60.8 Å². The number of unbranched alkanes of at least 4 members (excludes halogenated alkanes) is 55. The first-order chi connectivity index (χ1) is 43.5. The molecule has 0 saturated carbocycles. The number of allylic oxidation sites excluding steroid dienone is 9. The summed E-state index contributed by atoms with van der Waals surface area (Å²) in [5.41, 5.74) is 0. The van der Waals surface area contributed by atoms with Gasteiger partial charge in [-0.3, -0.25) is 9.59 Å². The average Bonchev–Trinajstić information content (AvgIpc) is 3.59. The third-order valence-electron chi connectivity index (χ3n) is 18.3. The minimum absolute atomic E-state index is 0.0125. The first-order valence-electron chi connectivity index (χ1n) is 39.6. The lowest BCUT2D eigenvalue weighted by atomic mass is 10.0. The summed E-state index contributed by atoms with van der Waals surface area (Å²) in [6.07, 6.45) is 103. The lowest BCUT2D eigenvalue weighted by molar-refractivity contribution is -0.143. The molecule has 0 aromatic carbocycles. The van der Waals surface area contributed by atoms with Crippen LogP contribution >= 0.6 is 0 Å². The first-order valence-corrected chi connectivity index (χ1v) is 39.6. The van der Waals surface area contributed by atoms with Gasteiger partial charge in [0.05, 0.1) is 25.4 Å². The van der Waals surface area contributed by atoms with E-state index in [-0.39, 0.29) is 18.5 Å². The summed E-state index contributed by atoms with van der Waals surface area (Å²) in [5.74, 6) is -0.0503. The van der Waals surface area contributed by atoms with Crippen molar-refractivity contribution in [2.75, 3.05) is 13.2 Å². The molecule has 0 aliphatic heterocycles. The van der Waals surface area contributed by atoms with Gasteiger partial charge in [0.1, 0.15) is 0 Å². The fourth-order valence-electron chi connectivity index (χ4n) is 12.2. The number of aliphatic hydroxyl groups is 2. The van der Waals surface area contributed by atoms with Crippen LogP contribution < -0.4 is 5.32 Å². The topological polar surface area (TPSA) is 95.9 Å². The SMILES string of the molecule is CCCCC/C=C\C/C=C\CCCCCCCCCC(=O)OCCCCCCCCCCCCCCCCC/C=C\C/C=C\CCCCCCCCCCCCCCCCCCCC(=O)NC(CO)C(O)/C=C/CCCCCCCCCCCCCCC. The normalized spacial score (nSPS) is 12.8. The van der Waals surface area contributed by atoms with E-state index in [0.717, 1.165) is 57.8 Å². The minimum atomic E-state index is -0.843. The maximum atomic E-state index is 12.5. The molecular formula is C82H153NO5. The molecule has 3 N–H and O–H groups in total. The van der Waals surface area contributed by atoms with E-state index in [0.29, 0.717) is 19.4 Å². The molecule has 88 heavy (non-hydrogen) atoms. The van der Waals surface area contributed by atoms with Gasteiger partial charge in [0, 0.05) is 12.8 Å². The predicted molar refractivity (Wildman–Crippen MR) is 389 cm³/mol. The van der Waals surface area contributed by atoms with Crippen molar-refractivity contribution in [3.05, 3.63) is 60.8 Å². The van der Waals surface area contributed by atoms with Gasteiger partial charge in [0.2, 0.25) is 5.91 Å². The molecule has 0 aromatic heterocycles. The van der Waals surface area contributed by atoms with Crippen LogP contribution in [0.3, 0.4) is 0 Å². The number of nitrogens with one attached hydrogen (secondary N) is 1. The van der Waals surface area contributed by atoms with Gasteiger partial charge < -0.3 is 20.3 Å². The van der Waals surface area contributed by atoms with Crippen molar-refractivity contribution >= 4 is 11.9 Å². The van der Waals surface area contributed by atoms with E-state index in [1.165, 1.54) is 340 Å². The summed E-state index contributed by atoms with van der Waals surface area (Å²) in [5, 5.41) is 23.2. The Hall–Kier alpha value is -2.44. The highest BCUT2D eigenvalue weighted by molar-refractivity contribution is 5.76. The third-order valence-corrected chi connectivity index (χ3v) is 18.3. The van der Waals surface area contributed by atoms with E-state index in [9.17, 15) is 19.8 Å². The second-order valence-corrected chi connectivity index (χ2v) is 27.0. The molecule has 0 aliphatic carbocycles. The van der Waals surface area contributed by atoms with E-state index in [1.54, 1.807) is 6.08 Å². The predicted octanol–water partition coefficient (Wildman–Crippen LogP) is 26.2. The van der Waals surface area contributed by atoms with Crippen LogP contribution in [-0.2, 0) is 14.3 Å². The molecular weight excluding hydrogens is 1080 g/mol. The number of aliphatic hydroxyl groups excluding tert-OH is 2. The second kappa shape index (κ2) is 77.0. The highest BCUT2D eigenvalue weighted by Crippen LogP contribution is 2.19. The van der Waals surface area contributed by atoms with Crippen LogP contribution in [0.2, 0.25) is 0 Å². The Kier molecular flexibility index (Phi) is 74.9. The highest BCUT2D eigenvalue weighted by atomic mass is 16.5. The summed E-state index contributed by atoms with van der Waals surface area (Å²) in [4.78, 5) is 24.6. The molecule has 0 bridgehead atoms. The molecule has 2 atom stereocenters. The van der Waals surface area contributed by atoms with Gasteiger partial charge in [0.25, 0.3) is 0 Å². The van der Waals surface area contributed by atoms with Crippen LogP contribution in [0.5, 0.6) is 0 Å². The van der Waals surface area contributed by atoms with E-state index in [1.807, 2.05) is 6.08 Å². The molecule has 0 heterocycles. The summed E-state index contributed by atoms with van der Waals surface area (Å²) < 4.78 is 5.50. The summed E-state index contributed by atoms with van der Waals surface area (Å²) in [7, 11) is 0. The van der Waals surface area contributed by atoms with Gasteiger partial charge in [-0.15, -0.1) is 0 Å². The number of rotatable bonds is 74. The Morgan fingerprint density at radius 3 is 0.886 bits per heavy atom. The van der Waals surface area contributed by atoms with Crippen molar-refractivity contribution < 1.29 is 24.5 Å². The van der Waals surface area contributed by atoms with Crippen molar-refractivity contribution in [2.45, 2.75) is 437 Å². The molecule has 0 rings (SSSR count). The zero-order valence-electron chi connectivity index (χ0n) is 59.2. The van der Waals surface area contributed by atoms with Crippen LogP contribution in [-0.4, -0.2) is 47.4 Å². The van der Waals surface area contributed by atoms with Gasteiger partial charge in [-0.2, -0.15) is 0 Å². The number of esters is 1. The van der Waals surface area contributed by atoms with Gasteiger partial charge in [-0.25, -0.2) is 0 Å². The van der Waals surface area contributed by atoms with Gasteiger partial charge in [0.15, 0.2) is 0 Å². The maximum Gasteiger partial charge on any atom is 0.305 e. The molecule has 516 valence electrons. The summed E-state index contributed by atoms with van der Waals surface area (Å²) in [6, 6.07) is -0.626. The molecule has 0 fully saturated rings. The van der Waals surface area contributed by atoms with Crippen molar-refractivity contribution in [1.82, 2.24) is 5.32 Å². The maximum absolute atomic E-state index is 12.5. The largest absolute Gasteiger partial charge is 0.466 e. The number of hydrogen-bond acceptors (Lipinski definition) is 5. The van der Waals surface area contributed by atoms with Gasteiger partial charge in [-0.1, -0.05) is 376 Å². The van der Waals surface area contributed by atoms with Crippen molar-refractivity contribution in [3.63, 3.8) is 0 Å². The highest BCUT2D eigenvalue weighted by Gasteiger charge is 2.18. The molecule has 1 amide bonds. The zero-order valence-corrected chi connectivity index (χ0v) is 59.2. The Morgan fingerprint density at radius 2 is 0.568 bits per heavy atom. The molecule has 0 saturated heterocycles. The van der Waals surface area contributed by atoms with Crippen molar-refractivity contribution in [2.24, 2.45) is 0 Å². The molecule has 6 heteroatoms. The summed E-state index contributed by atoms with van der Waals surface area (Å²) >= 11 is 0. The fraction of sp³-hybridized carbons (Fsp3) is 0.854. The van der Waals surface area contributed by atoms with Crippen LogP contribution in [0.25, 0.3) is 0 Å². The number of carbonyl (C=O) groups excluding carboxylic acids is 2. The molecule has 0 aliphatic rings.